The first-order valence-electron chi connectivity index (χ1n) is 5.51. The van der Waals surface area contributed by atoms with Crippen molar-refractivity contribution >= 4 is 43.1 Å². The molecule has 0 atom stereocenters. The van der Waals surface area contributed by atoms with Crippen LogP contribution in [0.4, 0.5) is 10.1 Å². The van der Waals surface area contributed by atoms with E-state index in [0.717, 1.165) is 0 Å². The molecule has 106 valence electrons. The van der Waals surface area contributed by atoms with Crippen LogP contribution in [-0.2, 0) is 15.6 Å². The van der Waals surface area contributed by atoms with Crippen LogP contribution in [0, 0.1) is 5.82 Å². The summed E-state index contributed by atoms with van der Waals surface area (Å²) in [5.74, 6) is -0.847. The molecule has 0 aliphatic carbocycles. The van der Waals surface area contributed by atoms with Gasteiger partial charge in [0.05, 0.1) is 15.7 Å². The molecule has 2 aromatic carbocycles. The summed E-state index contributed by atoms with van der Waals surface area (Å²) in [5.41, 5.74) is 6.24. The van der Waals surface area contributed by atoms with Gasteiger partial charge in [-0.2, -0.15) is 0 Å². The Kier molecular flexibility index (Phi) is 4.36. The molecule has 2 N–H and O–H groups in total. The monoisotopic (exact) mass is 377 g/mol. The topological polar surface area (TPSA) is 60.2 Å². The number of rotatable bonds is 3. The van der Waals surface area contributed by atoms with Crippen molar-refractivity contribution in [2.45, 2.75) is 10.6 Å². The second-order valence-corrected chi connectivity index (χ2v) is 7.51. The van der Waals surface area contributed by atoms with Crippen LogP contribution >= 0.6 is 27.5 Å². The maximum Gasteiger partial charge on any atom is 0.183 e. The van der Waals surface area contributed by atoms with Crippen LogP contribution in [-0.4, -0.2) is 8.42 Å². The van der Waals surface area contributed by atoms with Gasteiger partial charge in [-0.05, 0) is 42.0 Å². The third-order valence-electron chi connectivity index (χ3n) is 2.57. The fourth-order valence-electron chi connectivity index (χ4n) is 1.76. The van der Waals surface area contributed by atoms with Crippen molar-refractivity contribution in [3.8, 4) is 0 Å². The molecule has 0 bridgehead atoms. The van der Waals surface area contributed by atoms with E-state index < -0.39 is 15.7 Å². The lowest BCUT2D eigenvalue weighted by atomic mass is 10.2. The fraction of sp³-hybridized carbons (Fsp3) is 0.0769. The molecular formula is C13H10BrClFNO2S. The minimum atomic E-state index is -3.67. The minimum absolute atomic E-state index is 0.0197. The molecule has 0 fully saturated rings. The van der Waals surface area contributed by atoms with E-state index >= 15 is 0 Å². The molecule has 7 heteroatoms. The maximum absolute atomic E-state index is 13.3. The molecule has 2 aromatic rings. The number of halogens is 3. The molecule has 2 rings (SSSR count). The Morgan fingerprint density at radius 3 is 2.50 bits per heavy atom. The quantitative estimate of drug-likeness (QED) is 0.827. The van der Waals surface area contributed by atoms with E-state index in [9.17, 15) is 12.8 Å². The summed E-state index contributed by atoms with van der Waals surface area (Å²) in [6, 6.07) is 8.16. The fourth-order valence-corrected chi connectivity index (χ4v) is 4.21. The predicted octanol–water partition coefficient (Wildman–Crippen LogP) is 3.80. The highest BCUT2D eigenvalue weighted by Gasteiger charge is 2.19. The summed E-state index contributed by atoms with van der Waals surface area (Å²) in [7, 11) is -3.67. The first-order chi connectivity index (χ1) is 9.28. The van der Waals surface area contributed by atoms with E-state index in [0.29, 0.717) is 15.7 Å². The first kappa shape index (κ1) is 15.3. The normalized spacial score (nSPS) is 11.6. The number of nitrogens with two attached hydrogens (primary N) is 1. The number of nitrogen functional groups attached to an aromatic ring is 1. The van der Waals surface area contributed by atoms with E-state index in [2.05, 4.69) is 15.9 Å². The van der Waals surface area contributed by atoms with Crippen molar-refractivity contribution in [3.05, 3.63) is 57.3 Å². The van der Waals surface area contributed by atoms with Crippen LogP contribution in [0.5, 0.6) is 0 Å². The van der Waals surface area contributed by atoms with Crippen molar-refractivity contribution in [2.24, 2.45) is 0 Å². The Morgan fingerprint density at radius 2 is 1.90 bits per heavy atom. The van der Waals surface area contributed by atoms with Crippen molar-refractivity contribution in [1.29, 1.82) is 0 Å². The van der Waals surface area contributed by atoms with Gasteiger partial charge in [0.2, 0.25) is 0 Å². The maximum atomic E-state index is 13.3. The lowest BCUT2D eigenvalue weighted by molar-refractivity contribution is 0.594. The Labute approximate surface area is 129 Å². The molecule has 0 radical (unpaired) electrons. The molecule has 0 saturated heterocycles. The van der Waals surface area contributed by atoms with Gasteiger partial charge in [0.25, 0.3) is 0 Å². The van der Waals surface area contributed by atoms with Gasteiger partial charge in [-0.15, -0.1) is 0 Å². The number of benzene rings is 2. The molecule has 0 heterocycles. The number of sulfone groups is 1. The van der Waals surface area contributed by atoms with Gasteiger partial charge in [-0.1, -0.05) is 27.5 Å². The van der Waals surface area contributed by atoms with Gasteiger partial charge < -0.3 is 5.73 Å². The molecule has 0 amide bonds. The molecule has 0 spiro atoms. The Morgan fingerprint density at radius 1 is 1.20 bits per heavy atom. The van der Waals surface area contributed by atoms with E-state index in [-0.39, 0.29) is 15.7 Å². The third kappa shape index (κ3) is 3.50. The van der Waals surface area contributed by atoms with Crippen molar-refractivity contribution in [3.63, 3.8) is 0 Å². The molecule has 0 unspecified atom stereocenters. The van der Waals surface area contributed by atoms with Crippen LogP contribution in [0.25, 0.3) is 0 Å². The largest absolute Gasteiger partial charge is 0.399 e. The van der Waals surface area contributed by atoms with E-state index in [1.807, 2.05) is 0 Å². The zero-order chi connectivity index (χ0) is 14.9. The van der Waals surface area contributed by atoms with Gasteiger partial charge in [0.15, 0.2) is 9.84 Å². The van der Waals surface area contributed by atoms with Crippen molar-refractivity contribution < 1.29 is 12.8 Å². The second-order valence-electron chi connectivity index (χ2n) is 4.23. The standard InChI is InChI=1S/C13H10BrClFNO2S/c14-9-3-8(4-10(16)5-9)7-20(18,19)13-2-1-11(17)6-12(13)15/h1-6H,7,17H2. The molecule has 3 nitrogen and oxygen atoms in total. The van der Waals surface area contributed by atoms with Gasteiger partial charge in [-0.3, -0.25) is 0 Å². The molecule has 0 aliphatic rings. The van der Waals surface area contributed by atoms with Gasteiger partial charge in [-0.25, -0.2) is 12.8 Å². The summed E-state index contributed by atoms with van der Waals surface area (Å²) in [6.45, 7) is 0. The van der Waals surface area contributed by atoms with Crippen molar-refractivity contribution in [1.82, 2.24) is 0 Å². The van der Waals surface area contributed by atoms with Crippen molar-refractivity contribution in [2.75, 3.05) is 5.73 Å². The first-order valence-corrected chi connectivity index (χ1v) is 8.33. The Hall–Kier alpha value is -1.11. The minimum Gasteiger partial charge on any atom is -0.399 e. The van der Waals surface area contributed by atoms with Crippen LogP contribution in [0.3, 0.4) is 0 Å². The van der Waals surface area contributed by atoms with E-state index in [1.54, 1.807) is 6.07 Å². The number of hydrogen-bond donors (Lipinski definition) is 1. The average Bonchev–Trinajstić information content (AvgIpc) is 2.25. The lowest BCUT2D eigenvalue weighted by Crippen LogP contribution is -2.06. The summed E-state index contributed by atoms with van der Waals surface area (Å²) in [5, 5.41) is 0.0560. The second kappa shape index (κ2) is 5.71. The highest BCUT2D eigenvalue weighted by Crippen LogP contribution is 2.27. The zero-order valence-electron chi connectivity index (χ0n) is 10.1. The summed E-state index contributed by atoms with van der Waals surface area (Å²) in [6.07, 6.45) is 0. The van der Waals surface area contributed by atoms with Crippen LogP contribution in [0.15, 0.2) is 45.8 Å². The highest BCUT2D eigenvalue weighted by molar-refractivity contribution is 9.10. The zero-order valence-corrected chi connectivity index (χ0v) is 13.3. The molecule has 20 heavy (non-hydrogen) atoms. The smallest absolute Gasteiger partial charge is 0.183 e. The Bertz CT molecular complexity index is 745. The molecule has 0 aliphatic heterocycles. The summed E-state index contributed by atoms with van der Waals surface area (Å²) < 4.78 is 38.3. The summed E-state index contributed by atoms with van der Waals surface area (Å²) >= 11 is 9.02. The third-order valence-corrected chi connectivity index (χ3v) is 5.19. The predicted molar refractivity (Wildman–Crippen MR) is 80.9 cm³/mol. The van der Waals surface area contributed by atoms with Gasteiger partial charge >= 0.3 is 0 Å². The van der Waals surface area contributed by atoms with Crippen LogP contribution < -0.4 is 5.73 Å². The molecule has 0 saturated carbocycles. The Balaban J connectivity index is 2.40. The van der Waals surface area contributed by atoms with Gasteiger partial charge in [0, 0.05) is 10.2 Å². The number of hydrogen-bond acceptors (Lipinski definition) is 3. The molecule has 0 aromatic heterocycles. The summed E-state index contributed by atoms with van der Waals surface area (Å²) in [4.78, 5) is -0.0197. The highest BCUT2D eigenvalue weighted by atomic mass is 79.9. The van der Waals surface area contributed by atoms with Crippen LogP contribution in [0.2, 0.25) is 5.02 Å². The molecular weight excluding hydrogens is 369 g/mol. The SMILES string of the molecule is Nc1ccc(S(=O)(=O)Cc2cc(F)cc(Br)c2)c(Cl)c1. The van der Waals surface area contributed by atoms with E-state index in [4.69, 9.17) is 17.3 Å². The van der Waals surface area contributed by atoms with E-state index in [1.165, 1.54) is 30.3 Å². The van der Waals surface area contributed by atoms with Gasteiger partial charge in [0.1, 0.15) is 5.82 Å². The average molecular weight is 379 g/mol. The van der Waals surface area contributed by atoms with Crippen LogP contribution in [0.1, 0.15) is 5.56 Å². The lowest BCUT2D eigenvalue weighted by Gasteiger charge is -2.08. The number of anilines is 1.